The van der Waals surface area contributed by atoms with Crippen LogP contribution in [-0.2, 0) is 40.6 Å². The summed E-state index contributed by atoms with van der Waals surface area (Å²) in [5, 5.41) is 8.98. The molecule has 50 heavy (non-hydrogen) atoms. The van der Waals surface area contributed by atoms with Gasteiger partial charge >= 0.3 is 35.5 Å². The number of hydrogen-bond acceptors (Lipinski definition) is 8. The molecule has 2 heterocycles. The van der Waals surface area contributed by atoms with Crippen LogP contribution >= 0.6 is 0 Å². The Labute approximate surface area is 317 Å². The molecule has 2 N–H and O–H groups in total. The van der Waals surface area contributed by atoms with E-state index in [1.807, 2.05) is 70.2 Å². The standard InChI is InChI=1S/C36H44N2O9S2.Na/c1-35(2)28-24-26(48(41,42)43)17-19-30(28)37(21-13-9-12-16-34(39)40)32(35)14-10-7-6-8-11-15-33-36(3,4)29-25-27(49(44,45)46)18-20-31(29)38(33)22-23-47-5;/h6-8,10-11,14-15,17-20,24-25H,9,12-13,16,21-23H2,1-5H3,(H2-,39,40,41,42,43,44,45,46);/q;+1. The van der Waals surface area contributed by atoms with Crippen molar-refractivity contribution in [1.29, 1.82) is 0 Å². The zero-order chi connectivity index (χ0) is 36.2. The van der Waals surface area contributed by atoms with Crippen molar-refractivity contribution in [3.8, 4) is 0 Å². The van der Waals surface area contributed by atoms with E-state index in [4.69, 9.17) is 9.84 Å². The third-order valence-corrected chi connectivity index (χ3v) is 10.7. The predicted octanol–water partition coefficient (Wildman–Crippen LogP) is 2.86. The van der Waals surface area contributed by atoms with Crippen LogP contribution in [0.15, 0.2) is 94.4 Å². The molecule has 2 aromatic carbocycles. The molecule has 0 amide bonds. The van der Waals surface area contributed by atoms with Crippen LogP contribution in [0.25, 0.3) is 0 Å². The van der Waals surface area contributed by atoms with Crippen LogP contribution in [0.4, 0.5) is 11.4 Å². The summed E-state index contributed by atoms with van der Waals surface area (Å²) < 4.78 is 76.1. The number of anilines is 1. The Morgan fingerprint density at radius 3 is 2.18 bits per heavy atom. The summed E-state index contributed by atoms with van der Waals surface area (Å²) in [6.45, 7) is 9.54. The van der Waals surface area contributed by atoms with Gasteiger partial charge in [-0.15, -0.1) is 0 Å². The fourth-order valence-corrected chi connectivity index (χ4v) is 7.50. The van der Waals surface area contributed by atoms with Gasteiger partial charge in [-0.1, -0.05) is 44.2 Å². The second kappa shape index (κ2) is 16.6. The maximum atomic E-state index is 11.8. The molecule has 0 aromatic heterocycles. The van der Waals surface area contributed by atoms with E-state index in [1.54, 1.807) is 19.2 Å². The minimum atomic E-state index is -4.64. The fraction of sp³-hybridized carbons (Fsp3) is 0.389. The topological polar surface area (TPSA) is 164 Å². The van der Waals surface area contributed by atoms with Crippen molar-refractivity contribution in [2.45, 2.75) is 74.0 Å². The molecule has 2 aliphatic rings. The number of fused-ring (bicyclic) bond motifs is 2. The first kappa shape index (κ1) is 41.5. The fourth-order valence-electron chi connectivity index (χ4n) is 6.50. The van der Waals surface area contributed by atoms with E-state index in [0.717, 1.165) is 46.8 Å². The zero-order valence-electron chi connectivity index (χ0n) is 29.4. The van der Waals surface area contributed by atoms with Gasteiger partial charge in [0.1, 0.15) is 16.7 Å². The Hall–Kier alpha value is -2.88. The molecule has 14 heteroatoms. The first-order valence-corrected chi connectivity index (χ1v) is 18.8. The van der Waals surface area contributed by atoms with E-state index < -0.39 is 37.0 Å². The molecule has 0 aliphatic carbocycles. The van der Waals surface area contributed by atoms with Crippen molar-refractivity contribution in [3.05, 3.63) is 95.8 Å². The first-order valence-electron chi connectivity index (χ1n) is 16.0. The third-order valence-electron chi connectivity index (χ3n) is 9.06. The molecule has 0 fully saturated rings. The summed E-state index contributed by atoms with van der Waals surface area (Å²) in [5.41, 5.74) is 3.86. The Balaban J connectivity index is 0.00000676. The predicted molar refractivity (Wildman–Crippen MR) is 187 cm³/mol. The summed E-state index contributed by atoms with van der Waals surface area (Å²) in [6, 6.07) is 9.05. The number of aliphatic carboxylic acids is 1. The summed E-state index contributed by atoms with van der Waals surface area (Å²) in [4.78, 5) is 12.6. The minimum absolute atomic E-state index is 0. The maximum absolute atomic E-state index is 11.8. The summed E-state index contributed by atoms with van der Waals surface area (Å²) in [5.74, 6) is -0.832. The van der Waals surface area contributed by atoms with Gasteiger partial charge in [-0.2, -0.15) is 13.0 Å². The summed E-state index contributed by atoms with van der Waals surface area (Å²) in [6.07, 6.45) is 15.4. The van der Waals surface area contributed by atoms with Crippen molar-refractivity contribution in [2.75, 3.05) is 31.7 Å². The molecular formula is C36H44N2NaO9S2+. The van der Waals surface area contributed by atoms with E-state index in [2.05, 4.69) is 9.48 Å². The van der Waals surface area contributed by atoms with Crippen LogP contribution in [0.2, 0.25) is 0 Å². The van der Waals surface area contributed by atoms with Crippen LogP contribution in [0.5, 0.6) is 0 Å². The molecular weight excluding hydrogens is 692 g/mol. The molecule has 4 rings (SSSR count). The van der Waals surface area contributed by atoms with Crippen molar-refractivity contribution in [2.24, 2.45) is 0 Å². The molecule has 2 aliphatic heterocycles. The first-order chi connectivity index (χ1) is 22.9. The average Bonchev–Trinajstić information content (AvgIpc) is 3.36. The molecule has 11 nitrogen and oxygen atoms in total. The average molecular weight is 736 g/mol. The van der Waals surface area contributed by atoms with Crippen molar-refractivity contribution < 1.29 is 74.7 Å². The van der Waals surface area contributed by atoms with Crippen molar-refractivity contribution >= 4 is 43.3 Å². The number of rotatable bonds is 15. The molecule has 0 atom stereocenters. The molecule has 0 bridgehead atoms. The summed E-state index contributed by atoms with van der Waals surface area (Å²) >= 11 is 0. The van der Waals surface area contributed by atoms with Crippen molar-refractivity contribution in [1.82, 2.24) is 0 Å². The number of unbranched alkanes of at least 4 members (excludes halogenated alkanes) is 2. The number of methoxy groups -OCH3 is 1. The number of nitrogens with zero attached hydrogens (tertiary/aromatic N) is 2. The Bertz CT molecular complexity index is 1980. The molecule has 0 radical (unpaired) electrons. The van der Waals surface area contributed by atoms with Gasteiger partial charge in [-0.05, 0) is 68.7 Å². The normalized spacial score (nSPS) is 17.7. The van der Waals surface area contributed by atoms with E-state index in [0.29, 0.717) is 26.1 Å². The van der Waals surface area contributed by atoms with Gasteiger partial charge in [0.2, 0.25) is 5.69 Å². The van der Waals surface area contributed by atoms with Crippen LogP contribution in [0, 0.1) is 0 Å². The van der Waals surface area contributed by atoms with Crippen LogP contribution < -0.4 is 34.5 Å². The quantitative estimate of drug-likeness (QED) is 0.0914. The van der Waals surface area contributed by atoms with Gasteiger partial charge in [0, 0.05) is 61.0 Å². The van der Waals surface area contributed by atoms with Gasteiger partial charge in [-0.3, -0.25) is 9.35 Å². The maximum Gasteiger partial charge on any atom is 1.00 e. The Morgan fingerprint density at radius 1 is 0.900 bits per heavy atom. The van der Waals surface area contributed by atoms with E-state index in [9.17, 15) is 30.7 Å². The molecule has 0 spiro atoms. The largest absolute Gasteiger partial charge is 1.00 e. The molecule has 0 unspecified atom stereocenters. The number of carboxylic acid groups (broad SMARTS) is 1. The molecule has 264 valence electrons. The number of ether oxygens (including phenoxy) is 1. The number of hydrogen-bond donors (Lipinski definition) is 2. The third kappa shape index (κ3) is 9.31. The Kier molecular flexibility index (Phi) is 13.8. The summed E-state index contributed by atoms with van der Waals surface area (Å²) in [7, 11) is -7.38. The second-order valence-corrected chi connectivity index (χ2v) is 15.9. The second-order valence-electron chi connectivity index (χ2n) is 13.1. The van der Waals surface area contributed by atoms with Gasteiger partial charge in [0.15, 0.2) is 5.71 Å². The molecule has 0 saturated heterocycles. The van der Waals surface area contributed by atoms with Crippen LogP contribution in [0.3, 0.4) is 0 Å². The molecule has 0 saturated carbocycles. The van der Waals surface area contributed by atoms with Crippen LogP contribution in [0.1, 0.15) is 64.5 Å². The number of carboxylic acids is 1. The van der Waals surface area contributed by atoms with E-state index >= 15 is 0 Å². The van der Waals surface area contributed by atoms with Crippen molar-refractivity contribution in [3.63, 3.8) is 0 Å². The SMILES string of the molecule is COCCN1C(=CC=CC=CC=CC2=[N+](CCCCCC(=O)O)c3ccc(S(=O)(=O)[O-])cc3C2(C)C)C(C)(C)c2cc(S(=O)(=O)O)ccc21.[Na+]. The number of carbonyl (C=O) groups is 1. The van der Waals surface area contributed by atoms with Gasteiger partial charge in [0.05, 0.1) is 21.8 Å². The zero-order valence-corrected chi connectivity index (χ0v) is 33.1. The number of allylic oxidation sites excluding steroid dienone is 8. The van der Waals surface area contributed by atoms with Gasteiger partial charge in [-0.25, -0.2) is 8.42 Å². The van der Waals surface area contributed by atoms with Crippen LogP contribution in [-0.4, -0.2) is 74.1 Å². The smallest absolute Gasteiger partial charge is 0.744 e. The minimum Gasteiger partial charge on any atom is -0.744 e. The van der Waals surface area contributed by atoms with Gasteiger partial charge < -0.3 is 19.3 Å². The van der Waals surface area contributed by atoms with E-state index in [-0.39, 0.29) is 45.8 Å². The van der Waals surface area contributed by atoms with E-state index in [1.165, 1.54) is 24.3 Å². The number of benzene rings is 2. The van der Waals surface area contributed by atoms with Gasteiger partial charge in [0.25, 0.3) is 10.1 Å². The molecule has 2 aromatic rings. The monoisotopic (exact) mass is 735 g/mol. The Morgan fingerprint density at radius 2 is 1.54 bits per heavy atom.